The molecule has 5 nitrogen and oxygen atoms in total. The molecule has 0 aromatic heterocycles. The first kappa shape index (κ1) is 24.5. The van der Waals surface area contributed by atoms with Crippen molar-refractivity contribution in [1.29, 1.82) is 0 Å². The molecule has 1 N–H and O–H groups in total. The number of amides is 2. The first-order valence-electron chi connectivity index (χ1n) is 9.63. The highest BCUT2D eigenvalue weighted by Gasteiger charge is 2.27. The maximum absolute atomic E-state index is 13.0. The van der Waals surface area contributed by atoms with E-state index in [0.29, 0.717) is 15.8 Å². The predicted octanol–water partition coefficient (Wildman–Crippen LogP) is 5.47. The number of halogens is 3. The third-order valence-corrected chi connectivity index (χ3v) is 5.95. The van der Waals surface area contributed by atoms with Crippen LogP contribution >= 0.6 is 39.1 Å². The Kier molecular flexibility index (Phi) is 9.46. The second-order valence-corrected chi connectivity index (χ2v) is 8.74. The molecule has 2 amide bonds. The molecule has 2 rings (SSSR count). The summed E-state index contributed by atoms with van der Waals surface area (Å²) in [5.74, 6) is 0.0370. The van der Waals surface area contributed by atoms with Gasteiger partial charge in [-0.15, -0.1) is 0 Å². The first-order chi connectivity index (χ1) is 14.2. The smallest absolute Gasteiger partial charge is 0.261 e. The summed E-state index contributed by atoms with van der Waals surface area (Å²) in [6, 6.07) is 11.7. The van der Waals surface area contributed by atoms with Crippen molar-refractivity contribution in [2.45, 2.75) is 45.8 Å². The Morgan fingerprint density at radius 1 is 1.10 bits per heavy atom. The van der Waals surface area contributed by atoms with Crippen LogP contribution in [0.5, 0.6) is 5.75 Å². The molecular formula is C22H25BrCl2N2O3. The Morgan fingerprint density at radius 3 is 2.37 bits per heavy atom. The van der Waals surface area contributed by atoms with Gasteiger partial charge in [0.25, 0.3) is 5.91 Å². The van der Waals surface area contributed by atoms with E-state index >= 15 is 0 Å². The summed E-state index contributed by atoms with van der Waals surface area (Å²) in [7, 11) is 0. The van der Waals surface area contributed by atoms with Gasteiger partial charge in [-0.1, -0.05) is 52.1 Å². The van der Waals surface area contributed by atoms with Gasteiger partial charge in [-0.25, -0.2) is 0 Å². The van der Waals surface area contributed by atoms with Gasteiger partial charge in [-0.2, -0.15) is 0 Å². The van der Waals surface area contributed by atoms with Crippen molar-refractivity contribution < 1.29 is 14.3 Å². The van der Waals surface area contributed by atoms with Gasteiger partial charge in [0, 0.05) is 17.1 Å². The van der Waals surface area contributed by atoms with Gasteiger partial charge in [0.05, 0.1) is 10.0 Å². The summed E-state index contributed by atoms with van der Waals surface area (Å²) >= 11 is 15.5. The van der Waals surface area contributed by atoms with Crippen LogP contribution in [0, 0.1) is 0 Å². The van der Waals surface area contributed by atoms with Crippen LogP contribution in [0.1, 0.15) is 32.8 Å². The number of hydrogen-bond acceptors (Lipinski definition) is 3. The molecule has 2 atom stereocenters. The zero-order valence-corrected chi connectivity index (χ0v) is 20.2. The van der Waals surface area contributed by atoms with Crippen LogP contribution in [-0.4, -0.2) is 35.4 Å². The quantitative estimate of drug-likeness (QED) is 0.482. The summed E-state index contributed by atoms with van der Waals surface area (Å²) in [5.41, 5.74) is 0.768. The molecule has 0 fully saturated rings. The van der Waals surface area contributed by atoms with Crippen molar-refractivity contribution in [3.05, 3.63) is 62.5 Å². The molecule has 0 aliphatic carbocycles. The zero-order chi connectivity index (χ0) is 22.3. The highest BCUT2D eigenvalue weighted by atomic mass is 79.9. The highest BCUT2D eigenvalue weighted by molar-refractivity contribution is 9.10. The monoisotopic (exact) mass is 514 g/mol. The van der Waals surface area contributed by atoms with Gasteiger partial charge in [0.2, 0.25) is 5.91 Å². The standard InChI is InChI=1S/C22H25BrCl2N2O3/c1-4-14(2)26-22(29)15(3)27(12-16-5-10-19(24)20(25)11-16)21(28)13-30-18-8-6-17(23)7-9-18/h5-11,14-15H,4,12-13H2,1-3H3,(H,26,29)/t14-,15-/m0/s1. The van der Waals surface area contributed by atoms with E-state index in [9.17, 15) is 9.59 Å². The molecule has 0 radical (unpaired) electrons. The Morgan fingerprint density at radius 2 is 1.77 bits per heavy atom. The Hall–Kier alpha value is -1.76. The number of carbonyl (C=O) groups excluding carboxylic acids is 2. The molecule has 0 saturated carbocycles. The third kappa shape index (κ3) is 7.18. The van der Waals surface area contributed by atoms with Gasteiger partial charge < -0.3 is 15.0 Å². The number of hydrogen-bond donors (Lipinski definition) is 1. The zero-order valence-electron chi connectivity index (χ0n) is 17.1. The van der Waals surface area contributed by atoms with Crippen molar-refractivity contribution in [3.8, 4) is 5.75 Å². The number of ether oxygens (including phenoxy) is 1. The van der Waals surface area contributed by atoms with Crippen LogP contribution < -0.4 is 10.1 Å². The van der Waals surface area contributed by atoms with E-state index in [2.05, 4.69) is 21.2 Å². The fraction of sp³-hybridized carbons (Fsp3) is 0.364. The summed E-state index contributed by atoms with van der Waals surface area (Å²) < 4.78 is 6.54. The highest BCUT2D eigenvalue weighted by Crippen LogP contribution is 2.24. The molecular weight excluding hydrogens is 491 g/mol. The lowest BCUT2D eigenvalue weighted by molar-refractivity contribution is -0.142. The molecule has 0 aliphatic rings. The van der Waals surface area contributed by atoms with Crippen LogP contribution in [0.15, 0.2) is 46.9 Å². The van der Waals surface area contributed by atoms with E-state index in [-0.39, 0.29) is 31.0 Å². The number of carbonyl (C=O) groups is 2. The molecule has 0 unspecified atom stereocenters. The summed E-state index contributed by atoms with van der Waals surface area (Å²) in [4.78, 5) is 27.2. The number of nitrogens with zero attached hydrogens (tertiary/aromatic N) is 1. The molecule has 0 saturated heterocycles. The van der Waals surface area contributed by atoms with Gasteiger partial charge in [0.1, 0.15) is 11.8 Å². The molecule has 2 aromatic rings. The first-order valence-corrected chi connectivity index (χ1v) is 11.2. The van der Waals surface area contributed by atoms with Crippen molar-refractivity contribution in [3.63, 3.8) is 0 Å². The molecule has 0 spiro atoms. The van der Waals surface area contributed by atoms with Gasteiger partial charge in [-0.3, -0.25) is 9.59 Å². The van der Waals surface area contributed by atoms with E-state index in [0.717, 1.165) is 16.5 Å². The van der Waals surface area contributed by atoms with Crippen molar-refractivity contribution in [2.75, 3.05) is 6.61 Å². The Bertz CT molecular complexity index is 877. The molecule has 0 aliphatic heterocycles. The third-order valence-electron chi connectivity index (χ3n) is 4.68. The fourth-order valence-corrected chi connectivity index (χ4v) is 3.23. The minimum absolute atomic E-state index is 0.0147. The molecule has 30 heavy (non-hydrogen) atoms. The maximum atomic E-state index is 13.0. The predicted molar refractivity (Wildman–Crippen MR) is 124 cm³/mol. The molecule has 2 aromatic carbocycles. The topological polar surface area (TPSA) is 58.6 Å². The average Bonchev–Trinajstić information content (AvgIpc) is 2.73. The van der Waals surface area contributed by atoms with Crippen LogP contribution in [0.25, 0.3) is 0 Å². The molecule has 8 heteroatoms. The molecule has 0 bridgehead atoms. The normalized spacial score (nSPS) is 12.7. The summed E-state index contributed by atoms with van der Waals surface area (Å²) in [5, 5.41) is 3.75. The second-order valence-electron chi connectivity index (χ2n) is 7.01. The van der Waals surface area contributed by atoms with Gasteiger partial charge in [0.15, 0.2) is 6.61 Å². The van der Waals surface area contributed by atoms with E-state index in [4.69, 9.17) is 27.9 Å². The number of nitrogens with one attached hydrogen (secondary N) is 1. The van der Waals surface area contributed by atoms with E-state index in [1.54, 1.807) is 37.3 Å². The lowest BCUT2D eigenvalue weighted by Gasteiger charge is -2.29. The van der Waals surface area contributed by atoms with E-state index in [1.807, 2.05) is 26.0 Å². The van der Waals surface area contributed by atoms with Crippen molar-refractivity contribution >= 4 is 50.9 Å². The van der Waals surface area contributed by atoms with Crippen molar-refractivity contribution in [2.24, 2.45) is 0 Å². The molecule has 162 valence electrons. The van der Waals surface area contributed by atoms with Gasteiger partial charge >= 0.3 is 0 Å². The number of rotatable bonds is 9. The maximum Gasteiger partial charge on any atom is 0.261 e. The largest absolute Gasteiger partial charge is 0.484 e. The van der Waals surface area contributed by atoms with Crippen molar-refractivity contribution in [1.82, 2.24) is 10.2 Å². The minimum Gasteiger partial charge on any atom is -0.484 e. The van der Waals surface area contributed by atoms with Crippen LogP contribution in [0.3, 0.4) is 0 Å². The minimum atomic E-state index is -0.686. The van der Waals surface area contributed by atoms with E-state index < -0.39 is 6.04 Å². The summed E-state index contributed by atoms with van der Waals surface area (Å²) in [6.07, 6.45) is 0.797. The Labute approximate surface area is 195 Å². The second kappa shape index (κ2) is 11.6. The molecule has 0 heterocycles. The van der Waals surface area contributed by atoms with Crippen LogP contribution in [0.4, 0.5) is 0 Å². The lowest BCUT2D eigenvalue weighted by Crippen LogP contribution is -2.50. The Balaban J connectivity index is 2.17. The van der Waals surface area contributed by atoms with Crippen LogP contribution in [0.2, 0.25) is 10.0 Å². The number of benzene rings is 2. The lowest BCUT2D eigenvalue weighted by atomic mass is 10.1. The SMILES string of the molecule is CC[C@H](C)NC(=O)[C@H](C)N(Cc1ccc(Cl)c(Cl)c1)C(=O)COc1ccc(Br)cc1. The van der Waals surface area contributed by atoms with E-state index in [1.165, 1.54) is 4.90 Å². The van der Waals surface area contributed by atoms with Gasteiger partial charge in [-0.05, 0) is 62.2 Å². The summed E-state index contributed by atoms with van der Waals surface area (Å²) in [6.45, 7) is 5.62. The van der Waals surface area contributed by atoms with Crippen LogP contribution in [-0.2, 0) is 16.1 Å². The fourth-order valence-electron chi connectivity index (χ4n) is 2.64. The average molecular weight is 516 g/mol.